The molecule has 0 saturated carbocycles. The summed E-state index contributed by atoms with van der Waals surface area (Å²) in [5.41, 5.74) is 10.9. The lowest BCUT2D eigenvalue weighted by atomic mass is 10.0. The van der Waals surface area contributed by atoms with Crippen molar-refractivity contribution in [3.05, 3.63) is 88.7 Å². The second kappa shape index (κ2) is 7.28. The third kappa shape index (κ3) is 3.42. The number of hydrogen-bond acceptors (Lipinski definition) is 3. The molecule has 0 saturated heterocycles. The first-order valence-electron chi connectivity index (χ1n) is 9.39. The topological polar surface area (TPSA) is 29.3 Å². The van der Waals surface area contributed by atoms with E-state index in [0.29, 0.717) is 5.92 Å². The zero-order chi connectivity index (χ0) is 19.0. The molecule has 27 heavy (non-hydrogen) atoms. The van der Waals surface area contributed by atoms with Crippen molar-refractivity contribution >= 4 is 16.8 Å². The summed E-state index contributed by atoms with van der Waals surface area (Å²) in [6.07, 6.45) is 0. The van der Waals surface area contributed by atoms with E-state index in [1.807, 2.05) is 6.07 Å². The lowest BCUT2D eigenvalue weighted by Crippen LogP contribution is -2.08. The zero-order valence-electron chi connectivity index (χ0n) is 16.2. The monoisotopic (exact) mass is 375 g/mol. The van der Waals surface area contributed by atoms with Crippen molar-refractivity contribution < 1.29 is 0 Å². The minimum absolute atomic E-state index is 0.148. The summed E-state index contributed by atoms with van der Waals surface area (Å²) in [5.74, 6) is 0.550. The Hall–Kier alpha value is -2.46. The quantitative estimate of drug-likeness (QED) is 0.614. The average molecular weight is 376 g/mol. The number of aryl methyl sites for hydroxylation is 1. The first-order valence-corrected chi connectivity index (χ1v) is 10.3. The van der Waals surface area contributed by atoms with Gasteiger partial charge in [-0.3, -0.25) is 5.43 Å². The van der Waals surface area contributed by atoms with Crippen LogP contribution in [0.1, 0.15) is 53.2 Å². The maximum absolute atomic E-state index is 4.57. The molecule has 3 aromatic rings. The number of aromatic nitrogens is 1. The van der Waals surface area contributed by atoms with Crippen LogP contribution in [0.4, 0.5) is 0 Å². The predicted molar refractivity (Wildman–Crippen MR) is 116 cm³/mol. The molecule has 1 aliphatic heterocycles. The Morgan fingerprint density at radius 1 is 1.00 bits per heavy atom. The van der Waals surface area contributed by atoms with E-state index in [-0.39, 0.29) is 5.37 Å². The Morgan fingerprint density at radius 2 is 1.70 bits per heavy atom. The van der Waals surface area contributed by atoms with Crippen LogP contribution in [0.3, 0.4) is 0 Å². The molecule has 1 atom stereocenters. The van der Waals surface area contributed by atoms with Crippen LogP contribution in [-0.2, 0) is 0 Å². The van der Waals surface area contributed by atoms with Crippen LogP contribution >= 0.6 is 11.8 Å². The standard InChI is InChI=1S/C23H25N3S/c1-15(2)18-10-12-20(13-11-18)26-16(3)14-21(17(26)4)23-25-24-22(27-23)19-8-6-5-7-9-19/h5-15,23,25H,1-4H3/t23-/m1/s1. The molecule has 0 spiro atoms. The van der Waals surface area contributed by atoms with E-state index in [1.54, 1.807) is 11.8 Å². The predicted octanol–water partition coefficient (Wildman–Crippen LogP) is 5.91. The van der Waals surface area contributed by atoms with Crippen LogP contribution in [0, 0.1) is 13.8 Å². The van der Waals surface area contributed by atoms with Crippen molar-refractivity contribution in [1.82, 2.24) is 9.99 Å². The van der Waals surface area contributed by atoms with Gasteiger partial charge in [-0.05, 0) is 43.5 Å². The van der Waals surface area contributed by atoms with E-state index in [1.165, 1.54) is 28.2 Å². The van der Waals surface area contributed by atoms with Gasteiger partial charge in [0, 0.05) is 28.2 Å². The maximum Gasteiger partial charge on any atom is 0.126 e. The van der Waals surface area contributed by atoms with Crippen LogP contribution < -0.4 is 5.43 Å². The molecule has 2 heterocycles. The van der Waals surface area contributed by atoms with Crippen LogP contribution in [-0.4, -0.2) is 9.61 Å². The Bertz CT molecular complexity index is 969. The van der Waals surface area contributed by atoms with Gasteiger partial charge >= 0.3 is 0 Å². The van der Waals surface area contributed by atoms with Crippen molar-refractivity contribution in [3.63, 3.8) is 0 Å². The van der Waals surface area contributed by atoms with E-state index in [9.17, 15) is 0 Å². The molecule has 2 aromatic carbocycles. The fourth-order valence-corrected chi connectivity index (χ4v) is 4.66. The van der Waals surface area contributed by atoms with Crippen molar-refractivity contribution in [2.75, 3.05) is 0 Å². The van der Waals surface area contributed by atoms with Crippen molar-refractivity contribution in [2.24, 2.45) is 5.10 Å². The molecule has 0 fully saturated rings. The van der Waals surface area contributed by atoms with Crippen molar-refractivity contribution in [1.29, 1.82) is 0 Å². The highest BCUT2D eigenvalue weighted by atomic mass is 32.2. The highest BCUT2D eigenvalue weighted by Crippen LogP contribution is 2.37. The second-order valence-corrected chi connectivity index (χ2v) is 8.41. The van der Waals surface area contributed by atoms with Crippen LogP contribution in [0.15, 0.2) is 65.8 Å². The zero-order valence-corrected chi connectivity index (χ0v) is 17.0. The highest BCUT2D eigenvalue weighted by Gasteiger charge is 2.26. The number of thioether (sulfide) groups is 1. The number of nitrogens with one attached hydrogen (secondary N) is 1. The normalized spacial score (nSPS) is 16.5. The Labute approximate surface area is 165 Å². The van der Waals surface area contributed by atoms with E-state index < -0.39 is 0 Å². The number of rotatable bonds is 4. The molecular weight excluding hydrogens is 350 g/mol. The molecule has 0 radical (unpaired) electrons. The molecule has 3 nitrogen and oxygen atoms in total. The summed E-state index contributed by atoms with van der Waals surface area (Å²) in [6.45, 7) is 8.83. The lowest BCUT2D eigenvalue weighted by Gasteiger charge is -2.14. The highest BCUT2D eigenvalue weighted by molar-refractivity contribution is 8.14. The van der Waals surface area contributed by atoms with Gasteiger partial charge in [0.05, 0.1) is 0 Å². The van der Waals surface area contributed by atoms with E-state index in [0.717, 1.165) is 10.6 Å². The molecule has 138 valence electrons. The molecule has 4 heteroatoms. The molecule has 1 aliphatic rings. The van der Waals surface area contributed by atoms with Gasteiger partial charge in [0.25, 0.3) is 0 Å². The van der Waals surface area contributed by atoms with E-state index in [4.69, 9.17) is 0 Å². The Balaban J connectivity index is 1.60. The fourth-order valence-electron chi connectivity index (χ4n) is 3.59. The van der Waals surface area contributed by atoms with Gasteiger partial charge in [-0.15, -0.1) is 0 Å². The summed E-state index contributed by atoms with van der Waals surface area (Å²) in [7, 11) is 0. The first-order chi connectivity index (χ1) is 13.0. The number of benzene rings is 2. The molecular formula is C23H25N3S. The SMILES string of the molecule is Cc1cc([C@@H]2NN=C(c3ccccc3)S2)c(C)n1-c1ccc(C(C)C)cc1. The molecule has 1 aromatic heterocycles. The number of nitrogens with zero attached hydrogens (tertiary/aromatic N) is 2. The average Bonchev–Trinajstić information content (AvgIpc) is 3.27. The molecule has 1 N–H and O–H groups in total. The third-order valence-electron chi connectivity index (χ3n) is 5.10. The van der Waals surface area contributed by atoms with Gasteiger partial charge in [0.15, 0.2) is 0 Å². The second-order valence-electron chi connectivity index (χ2n) is 7.32. The van der Waals surface area contributed by atoms with Gasteiger partial charge in [0.2, 0.25) is 0 Å². The smallest absolute Gasteiger partial charge is 0.126 e. The number of hydrazone groups is 1. The van der Waals surface area contributed by atoms with Gasteiger partial charge < -0.3 is 4.57 Å². The first kappa shape index (κ1) is 17.9. The van der Waals surface area contributed by atoms with Crippen molar-refractivity contribution in [3.8, 4) is 5.69 Å². The molecule has 0 aliphatic carbocycles. The molecule has 0 bridgehead atoms. The van der Waals surface area contributed by atoms with E-state index in [2.05, 4.69) is 97.4 Å². The summed E-state index contributed by atoms with van der Waals surface area (Å²) in [4.78, 5) is 0. The van der Waals surface area contributed by atoms with Gasteiger partial charge in [-0.1, -0.05) is 68.1 Å². The van der Waals surface area contributed by atoms with Gasteiger partial charge in [-0.2, -0.15) is 5.10 Å². The Kier molecular flexibility index (Phi) is 4.83. The minimum Gasteiger partial charge on any atom is -0.318 e. The van der Waals surface area contributed by atoms with E-state index >= 15 is 0 Å². The van der Waals surface area contributed by atoms with Crippen LogP contribution in [0.5, 0.6) is 0 Å². The van der Waals surface area contributed by atoms with Crippen LogP contribution in [0.25, 0.3) is 5.69 Å². The minimum atomic E-state index is 0.148. The van der Waals surface area contributed by atoms with Crippen LogP contribution in [0.2, 0.25) is 0 Å². The molecule has 0 unspecified atom stereocenters. The summed E-state index contributed by atoms with van der Waals surface area (Å²) in [6, 6.07) is 21.5. The fraction of sp³-hybridized carbons (Fsp3) is 0.261. The lowest BCUT2D eigenvalue weighted by molar-refractivity contribution is 0.737. The summed E-state index contributed by atoms with van der Waals surface area (Å²) < 4.78 is 2.34. The maximum atomic E-state index is 4.57. The van der Waals surface area contributed by atoms with Gasteiger partial charge in [0.1, 0.15) is 10.4 Å². The molecule has 4 rings (SSSR count). The third-order valence-corrected chi connectivity index (χ3v) is 6.25. The van der Waals surface area contributed by atoms with Crippen molar-refractivity contribution in [2.45, 2.75) is 39.0 Å². The largest absolute Gasteiger partial charge is 0.318 e. The van der Waals surface area contributed by atoms with Gasteiger partial charge in [-0.25, -0.2) is 0 Å². The Morgan fingerprint density at radius 3 is 2.37 bits per heavy atom. The summed E-state index contributed by atoms with van der Waals surface area (Å²) in [5, 5.41) is 5.76. The number of hydrogen-bond donors (Lipinski definition) is 1. The summed E-state index contributed by atoms with van der Waals surface area (Å²) >= 11 is 1.78. The molecule has 0 amide bonds.